The van der Waals surface area contributed by atoms with E-state index in [1.165, 1.54) is 24.3 Å². The zero-order chi connectivity index (χ0) is 25.7. The zero-order valence-electron chi connectivity index (χ0n) is 19.2. The van der Waals surface area contributed by atoms with Crippen molar-refractivity contribution in [2.75, 3.05) is 16.2 Å². The number of rotatable bonds is 8. The van der Waals surface area contributed by atoms with E-state index in [4.69, 9.17) is 27.9 Å². The van der Waals surface area contributed by atoms with E-state index in [1.807, 2.05) is 25.1 Å². The Kier molecular flexibility index (Phi) is 7.84. The molecule has 0 heterocycles. The number of benzene rings is 4. The van der Waals surface area contributed by atoms with Crippen molar-refractivity contribution in [3.63, 3.8) is 0 Å². The number of aryl methyl sites for hydroxylation is 1. The van der Waals surface area contributed by atoms with Gasteiger partial charge in [0.15, 0.2) is 5.75 Å². The SMILES string of the molecule is Cc1ccc(N(CC(=O)Nc2cc(Cl)ccc2Oc2ccccc2)S(=O)(=O)c2ccc(Cl)cc2)cc1. The van der Waals surface area contributed by atoms with E-state index in [9.17, 15) is 13.2 Å². The molecule has 0 fully saturated rings. The lowest BCUT2D eigenvalue weighted by Crippen LogP contribution is -2.38. The molecule has 0 spiro atoms. The van der Waals surface area contributed by atoms with Crippen LogP contribution in [0.25, 0.3) is 0 Å². The highest BCUT2D eigenvalue weighted by atomic mass is 35.5. The second-order valence-electron chi connectivity index (χ2n) is 7.90. The van der Waals surface area contributed by atoms with Crippen molar-refractivity contribution in [3.8, 4) is 11.5 Å². The van der Waals surface area contributed by atoms with Crippen LogP contribution in [0.2, 0.25) is 10.0 Å². The molecule has 1 amide bonds. The molecule has 9 heteroatoms. The summed E-state index contributed by atoms with van der Waals surface area (Å²) in [5.74, 6) is 0.358. The molecule has 0 unspecified atom stereocenters. The van der Waals surface area contributed by atoms with E-state index in [2.05, 4.69) is 5.32 Å². The Bertz CT molecular complexity index is 1460. The van der Waals surface area contributed by atoms with Crippen molar-refractivity contribution in [3.05, 3.63) is 113 Å². The normalized spacial score (nSPS) is 11.1. The van der Waals surface area contributed by atoms with Gasteiger partial charge >= 0.3 is 0 Å². The number of hydrogen-bond acceptors (Lipinski definition) is 4. The van der Waals surface area contributed by atoms with Crippen LogP contribution in [0.3, 0.4) is 0 Å². The molecule has 4 aromatic carbocycles. The van der Waals surface area contributed by atoms with Gasteiger partial charge in [0.25, 0.3) is 10.0 Å². The van der Waals surface area contributed by atoms with E-state index in [1.54, 1.807) is 54.6 Å². The Morgan fingerprint density at radius 3 is 2.17 bits per heavy atom. The maximum Gasteiger partial charge on any atom is 0.264 e. The average Bonchev–Trinajstić information content (AvgIpc) is 2.86. The highest BCUT2D eigenvalue weighted by molar-refractivity contribution is 7.92. The van der Waals surface area contributed by atoms with Crippen LogP contribution in [-0.4, -0.2) is 20.9 Å². The molecule has 4 aromatic rings. The minimum absolute atomic E-state index is 0.0103. The number of nitrogens with zero attached hydrogens (tertiary/aromatic N) is 1. The summed E-state index contributed by atoms with van der Waals surface area (Å²) in [5.41, 5.74) is 1.61. The summed E-state index contributed by atoms with van der Waals surface area (Å²) < 4.78 is 34.0. The van der Waals surface area contributed by atoms with Crippen LogP contribution >= 0.6 is 23.2 Å². The summed E-state index contributed by atoms with van der Waals surface area (Å²) in [6.07, 6.45) is 0. The van der Waals surface area contributed by atoms with Gasteiger partial charge < -0.3 is 10.1 Å². The molecule has 0 saturated carbocycles. The summed E-state index contributed by atoms with van der Waals surface area (Å²) >= 11 is 12.1. The van der Waals surface area contributed by atoms with Crippen LogP contribution < -0.4 is 14.4 Å². The first-order chi connectivity index (χ1) is 17.2. The van der Waals surface area contributed by atoms with Crippen molar-refractivity contribution in [1.82, 2.24) is 0 Å². The molecule has 1 N–H and O–H groups in total. The van der Waals surface area contributed by atoms with Gasteiger partial charge in [0.05, 0.1) is 16.3 Å². The molecular formula is C27H22Cl2N2O4S. The van der Waals surface area contributed by atoms with Gasteiger partial charge in [-0.1, -0.05) is 59.1 Å². The molecule has 4 rings (SSSR count). The van der Waals surface area contributed by atoms with Gasteiger partial charge in [-0.15, -0.1) is 0 Å². The van der Waals surface area contributed by atoms with E-state index in [0.29, 0.717) is 32.9 Å². The molecule has 0 atom stereocenters. The topological polar surface area (TPSA) is 75.7 Å². The fraction of sp³-hybridized carbons (Fsp3) is 0.0741. The van der Waals surface area contributed by atoms with E-state index in [0.717, 1.165) is 9.87 Å². The maximum atomic E-state index is 13.5. The number of anilines is 2. The van der Waals surface area contributed by atoms with Gasteiger partial charge in [-0.2, -0.15) is 0 Å². The Morgan fingerprint density at radius 2 is 1.50 bits per heavy atom. The highest BCUT2D eigenvalue weighted by Gasteiger charge is 2.27. The molecule has 184 valence electrons. The van der Waals surface area contributed by atoms with Crippen molar-refractivity contribution in [1.29, 1.82) is 0 Å². The molecule has 0 radical (unpaired) electrons. The lowest BCUT2D eigenvalue weighted by molar-refractivity contribution is -0.114. The van der Waals surface area contributed by atoms with Crippen LogP contribution in [0.15, 0.2) is 102 Å². The van der Waals surface area contributed by atoms with Crippen LogP contribution in [-0.2, 0) is 14.8 Å². The Balaban J connectivity index is 1.64. The summed E-state index contributed by atoms with van der Waals surface area (Å²) in [6, 6.07) is 26.5. The molecular weight excluding hydrogens is 519 g/mol. The van der Waals surface area contributed by atoms with E-state index >= 15 is 0 Å². The van der Waals surface area contributed by atoms with Crippen molar-refractivity contribution >= 4 is 50.5 Å². The first-order valence-corrected chi connectivity index (χ1v) is 13.1. The molecule has 0 saturated heterocycles. The van der Waals surface area contributed by atoms with Crippen LogP contribution in [0, 0.1) is 6.92 Å². The van der Waals surface area contributed by atoms with Crippen molar-refractivity contribution < 1.29 is 17.9 Å². The fourth-order valence-corrected chi connectivity index (χ4v) is 5.10. The maximum absolute atomic E-state index is 13.5. The molecule has 0 aliphatic carbocycles. The van der Waals surface area contributed by atoms with Crippen molar-refractivity contribution in [2.45, 2.75) is 11.8 Å². The van der Waals surface area contributed by atoms with Crippen LogP contribution in [0.4, 0.5) is 11.4 Å². The van der Waals surface area contributed by atoms with E-state index in [-0.39, 0.29) is 4.90 Å². The number of nitrogens with one attached hydrogen (secondary N) is 1. The quantitative estimate of drug-likeness (QED) is 0.263. The number of ether oxygens (including phenoxy) is 1. The van der Waals surface area contributed by atoms with Gasteiger partial charge in [-0.25, -0.2) is 8.42 Å². The van der Waals surface area contributed by atoms with Gasteiger partial charge in [0.1, 0.15) is 12.3 Å². The predicted molar refractivity (Wildman–Crippen MR) is 144 cm³/mol. The molecule has 0 bridgehead atoms. The first-order valence-electron chi connectivity index (χ1n) is 10.9. The molecule has 0 aliphatic heterocycles. The number of sulfonamides is 1. The summed E-state index contributed by atoms with van der Waals surface area (Å²) in [6.45, 7) is 1.41. The van der Waals surface area contributed by atoms with Crippen molar-refractivity contribution in [2.24, 2.45) is 0 Å². The monoisotopic (exact) mass is 540 g/mol. The lowest BCUT2D eigenvalue weighted by Gasteiger charge is -2.24. The Hall–Kier alpha value is -3.52. The largest absolute Gasteiger partial charge is 0.455 e. The fourth-order valence-electron chi connectivity index (χ4n) is 3.38. The Morgan fingerprint density at radius 1 is 0.861 bits per heavy atom. The third kappa shape index (κ3) is 6.18. The second-order valence-corrected chi connectivity index (χ2v) is 10.6. The smallest absolute Gasteiger partial charge is 0.264 e. The summed E-state index contributed by atoms with van der Waals surface area (Å²) in [4.78, 5) is 13.2. The predicted octanol–water partition coefficient (Wildman–Crippen LogP) is 6.93. The second kappa shape index (κ2) is 11.0. The van der Waals surface area contributed by atoms with Gasteiger partial charge in [0.2, 0.25) is 5.91 Å². The van der Waals surface area contributed by atoms with E-state index < -0.39 is 22.5 Å². The van der Waals surface area contributed by atoms with Gasteiger partial charge in [0, 0.05) is 10.0 Å². The minimum Gasteiger partial charge on any atom is -0.455 e. The minimum atomic E-state index is -4.08. The van der Waals surface area contributed by atoms with Crippen LogP contribution in [0.5, 0.6) is 11.5 Å². The number of amides is 1. The third-order valence-corrected chi connectivity index (χ3v) is 7.47. The number of carbonyl (C=O) groups is 1. The molecule has 0 aromatic heterocycles. The summed E-state index contributed by atoms with van der Waals surface area (Å²) in [7, 11) is -4.08. The molecule has 0 aliphatic rings. The van der Waals surface area contributed by atoms with Crippen LogP contribution in [0.1, 0.15) is 5.56 Å². The number of hydrogen-bond donors (Lipinski definition) is 1. The molecule has 6 nitrogen and oxygen atoms in total. The van der Waals surface area contributed by atoms with Gasteiger partial charge in [-0.3, -0.25) is 9.10 Å². The first kappa shape index (κ1) is 25.6. The standard InChI is InChI=1S/C27H22Cl2N2O4S/c1-19-7-12-22(13-8-19)31(36(33,34)24-14-9-20(28)10-15-24)18-27(32)30-25-17-21(29)11-16-26(25)35-23-5-3-2-4-6-23/h2-17H,18H2,1H3,(H,30,32). The number of carbonyl (C=O) groups excluding carboxylic acids is 1. The Labute approximate surface area is 220 Å². The van der Waals surface area contributed by atoms with Gasteiger partial charge in [-0.05, 0) is 73.7 Å². The third-order valence-electron chi connectivity index (χ3n) is 5.20. The number of para-hydroxylation sites is 1. The molecule has 36 heavy (non-hydrogen) atoms. The lowest BCUT2D eigenvalue weighted by atomic mass is 10.2. The zero-order valence-corrected chi connectivity index (χ0v) is 21.5. The highest BCUT2D eigenvalue weighted by Crippen LogP contribution is 2.32. The number of halogens is 2. The summed E-state index contributed by atoms with van der Waals surface area (Å²) in [5, 5.41) is 3.53. The average molecular weight is 541 g/mol.